The molecule has 4 heteroatoms. The Hall–Kier alpha value is -0.160. The van der Waals surface area contributed by atoms with Gasteiger partial charge in [0, 0.05) is 19.8 Å². The van der Waals surface area contributed by atoms with Crippen molar-refractivity contribution >= 4 is 0 Å². The summed E-state index contributed by atoms with van der Waals surface area (Å²) < 4.78 is 11.2. The van der Waals surface area contributed by atoms with Crippen LogP contribution in [0.4, 0.5) is 0 Å². The number of nitrogens with zero attached hydrogens (tertiary/aromatic N) is 1. The van der Waals surface area contributed by atoms with Gasteiger partial charge in [0.05, 0.1) is 18.8 Å². The molecule has 1 aliphatic carbocycles. The van der Waals surface area contributed by atoms with Crippen LogP contribution in [0.1, 0.15) is 57.8 Å². The van der Waals surface area contributed by atoms with Crippen molar-refractivity contribution in [1.29, 1.82) is 0 Å². The van der Waals surface area contributed by atoms with Gasteiger partial charge >= 0.3 is 0 Å². The third kappa shape index (κ3) is 4.67. The number of piperidine rings is 1. The average molecular weight is 311 g/mol. The van der Waals surface area contributed by atoms with Crippen LogP contribution in [0, 0.1) is 5.41 Å². The zero-order valence-corrected chi connectivity index (χ0v) is 14.0. The zero-order valence-electron chi connectivity index (χ0n) is 14.0. The van der Waals surface area contributed by atoms with Crippen molar-refractivity contribution in [1.82, 2.24) is 4.90 Å². The molecule has 22 heavy (non-hydrogen) atoms. The highest BCUT2D eigenvalue weighted by Crippen LogP contribution is 2.44. The predicted octanol–water partition coefficient (Wildman–Crippen LogP) is 2.59. The Labute approximate surface area is 135 Å². The molecule has 0 amide bonds. The van der Waals surface area contributed by atoms with Crippen molar-refractivity contribution in [3.05, 3.63) is 0 Å². The highest BCUT2D eigenvalue weighted by atomic mass is 16.5. The molecule has 2 saturated heterocycles. The van der Waals surface area contributed by atoms with E-state index in [2.05, 4.69) is 4.90 Å². The van der Waals surface area contributed by atoms with E-state index in [-0.39, 0.29) is 12.2 Å². The molecule has 128 valence electrons. The normalized spacial score (nSPS) is 28.8. The lowest BCUT2D eigenvalue weighted by molar-refractivity contribution is -0.0671. The lowest BCUT2D eigenvalue weighted by Crippen LogP contribution is -2.45. The Morgan fingerprint density at radius 3 is 2.41 bits per heavy atom. The summed E-state index contributed by atoms with van der Waals surface area (Å²) in [5.74, 6) is 0. The van der Waals surface area contributed by atoms with Crippen LogP contribution < -0.4 is 0 Å². The van der Waals surface area contributed by atoms with Crippen LogP contribution in [0.15, 0.2) is 0 Å². The van der Waals surface area contributed by atoms with E-state index in [0.717, 1.165) is 45.7 Å². The molecular formula is C18H33NO3. The van der Waals surface area contributed by atoms with E-state index in [9.17, 15) is 5.11 Å². The van der Waals surface area contributed by atoms with Crippen LogP contribution in [0.2, 0.25) is 0 Å². The number of aliphatic hydroxyl groups excluding tert-OH is 1. The first-order chi connectivity index (χ1) is 10.8. The van der Waals surface area contributed by atoms with Crippen LogP contribution in [-0.2, 0) is 9.47 Å². The molecule has 0 aromatic carbocycles. The van der Waals surface area contributed by atoms with E-state index in [1.165, 1.54) is 44.9 Å². The second-order valence-corrected chi connectivity index (χ2v) is 7.66. The second-order valence-electron chi connectivity index (χ2n) is 7.66. The first-order valence-electron chi connectivity index (χ1n) is 9.36. The number of aliphatic hydroxyl groups is 1. The first kappa shape index (κ1) is 16.7. The van der Waals surface area contributed by atoms with Crippen LogP contribution in [0.3, 0.4) is 0 Å². The third-order valence-corrected chi connectivity index (χ3v) is 5.99. The minimum atomic E-state index is -0.344. The van der Waals surface area contributed by atoms with Gasteiger partial charge in [-0.15, -0.1) is 0 Å². The smallest absolute Gasteiger partial charge is 0.0900 e. The lowest BCUT2D eigenvalue weighted by atomic mass is 9.68. The highest BCUT2D eigenvalue weighted by molar-refractivity contribution is 4.88. The van der Waals surface area contributed by atoms with E-state index >= 15 is 0 Å². The van der Waals surface area contributed by atoms with E-state index in [1.54, 1.807) is 0 Å². The molecular weight excluding hydrogens is 278 g/mol. The standard InChI is InChI=1S/C18H33NO3/c20-16(15-22-17-4-12-21-13-5-17)14-19-10-8-18(9-11-19)6-2-1-3-7-18/h16-17,20H,1-15H2. The van der Waals surface area contributed by atoms with Gasteiger partial charge in [-0.2, -0.15) is 0 Å². The van der Waals surface area contributed by atoms with E-state index < -0.39 is 0 Å². The SMILES string of the molecule is OC(COC1CCOCC1)CN1CCC2(CCCCC2)CC1. The van der Waals surface area contributed by atoms with Crippen molar-refractivity contribution < 1.29 is 14.6 Å². The average Bonchev–Trinajstić information content (AvgIpc) is 2.57. The molecule has 2 heterocycles. The molecule has 0 aromatic rings. The van der Waals surface area contributed by atoms with Gasteiger partial charge in [-0.3, -0.25) is 0 Å². The van der Waals surface area contributed by atoms with Gasteiger partial charge in [0.15, 0.2) is 0 Å². The fourth-order valence-corrected chi connectivity index (χ4v) is 4.45. The van der Waals surface area contributed by atoms with Crippen LogP contribution >= 0.6 is 0 Å². The monoisotopic (exact) mass is 311 g/mol. The van der Waals surface area contributed by atoms with Crippen LogP contribution in [0.25, 0.3) is 0 Å². The Kier molecular flexibility index (Phi) is 6.14. The maximum atomic E-state index is 10.2. The maximum absolute atomic E-state index is 10.2. The predicted molar refractivity (Wildman–Crippen MR) is 87.0 cm³/mol. The molecule has 3 rings (SSSR count). The van der Waals surface area contributed by atoms with Crippen molar-refractivity contribution in [2.24, 2.45) is 5.41 Å². The van der Waals surface area contributed by atoms with Gasteiger partial charge in [-0.1, -0.05) is 19.3 Å². The maximum Gasteiger partial charge on any atom is 0.0900 e. The number of hydrogen-bond donors (Lipinski definition) is 1. The topological polar surface area (TPSA) is 41.9 Å². The van der Waals surface area contributed by atoms with Crippen LogP contribution in [-0.4, -0.2) is 61.7 Å². The molecule has 0 radical (unpaired) electrons. The molecule has 0 bridgehead atoms. The lowest BCUT2D eigenvalue weighted by Gasteiger charge is -2.44. The molecule has 1 unspecified atom stereocenters. The fraction of sp³-hybridized carbons (Fsp3) is 1.00. The summed E-state index contributed by atoms with van der Waals surface area (Å²) in [5, 5.41) is 10.2. The molecule has 1 spiro atoms. The Morgan fingerprint density at radius 2 is 1.73 bits per heavy atom. The van der Waals surface area contributed by atoms with E-state index in [4.69, 9.17) is 9.47 Å². The molecule has 0 aromatic heterocycles. The van der Waals surface area contributed by atoms with Crippen molar-refractivity contribution in [2.75, 3.05) is 39.5 Å². The number of hydrogen-bond acceptors (Lipinski definition) is 4. The number of rotatable bonds is 5. The fourth-order valence-electron chi connectivity index (χ4n) is 4.45. The summed E-state index contributed by atoms with van der Waals surface area (Å²) in [6.45, 7) is 5.18. The minimum absolute atomic E-state index is 0.287. The third-order valence-electron chi connectivity index (χ3n) is 5.99. The minimum Gasteiger partial charge on any atom is -0.389 e. The van der Waals surface area contributed by atoms with Crippen molar-refractivity contribution in [3.8, 4) is 0 Å². The number of β-amino-alcohol motifs (C(OH)–C–C–N with tert-alkyl or cyclic N) is 1. The summed E-state index contributed by atoms with van der Waals surface area (Å²) in [5.41, 5.74) is 0.651. The Morgan fingerprint density at radius 1 is 1.05 bits per heavy atom. The molecule has 1 N–H and O–H groups in total. The summed E-state index contributed by atoms with van der Waals surface area (Å²) in [7, 11) is 0. The summed E-state index contributed by atoms with van der Waals surface area (Å²) >= 11 is 0. The van der Waals surface area contributed by atoms with Gasteiger partial charge in [-0.05, 0) is 57.0 Å². The zero-order chi connectivity index (χ0) is 15.3. The summed E-state index contributed by atoms with van der Waals surface area (Å²) in [4.78, 5) is 2.44. The molecule has 4 nitrogen and oxygen atoms in total. The summed E-state index contributed by atoms with van der Waals surface area (Å²) in [6, 6.07) is 0. The quantitative estimate of drug-likeness (QED) is 0.847. The second kappa shape index (κ2) is 8.09. The van der Waals surface area contributed by atoms with Crippen molar-refractivity contribution in [2.45, 2.75) is 70.0 Å². The Balaban J connectivity index is 1.33. The molecule has 3 fully saturated rings. The van der Waals surface area contributed by atoms with E-state index in [1.807, 2.05) is 0 Å². The van der Waals surface area contributed by atoms with Gasteiger partial charge in [-0.25, -0.2) is 0 Å². The van der Waals surface area contributed by atoms with Gasteiger partial charge in [0.2, 0.25) is 0 Å². The Bertz CT molecular complexity index is 314. The van der Waals surface area contributed by atoms with Gasteiger partial charge in [0.25, 0.3) is 0 Å². The summed E-state index contributed by atoms with van der Waals surface area (Å²) in [6.07, 6.45) is 11.7. The number of ether oxygens (including phenoxy) is 2. The molecule has 2 aliphatic heterocycles. The highest BCUT2D eigenvalue weighted by Gasteiger charge is 2.35. The van der Waals surface area contributed by atoms with Gasteiger partial charge in [0.1, 0.15) is 0 Å². The van der Waals surface area contributed by atoms with Crippen molar-refractivity contribution in [3.63, 3.8) is 0 Å². The molecule has 1 saturated carbocycles. The number of likely N-dealkylation sites (tertiary alicyclic amines) is 1. The molecule has 1 atom stereocenters. The largest absolute Gasteiger partial charge is 0.389 e. The van der Waals surface area contributed by atoms with Crippen LogP contribution in [0.5, 0.6) is 0 Å². The first-order valence-corrected chi connectivity index (χ1v) is 9.36. The van der Waals surface area contributed by atoms with Gasteiger partial charge < -0.3 is 19.5 Å². The van der Waals surface area contributed by atoms with E-state index in [0.29, 0.717) is 12.0 Å². The molecule has 3 aliphatic rings.